The largest absolute Gasteiger partial charge is 0.415 e. The lowest BCUT2D eigenvalue weighted by Gasteiger charge is -2.26. The van der Waals surface area contributed by atoms with Gasteiger partial charge in [0.2, 0.25) is 15.9 Å². The van der Waals surface area contributed by atoms with Crippen molar-refractivity contribution < 1.29 is 12.8 Å². The predicted molar refractivity (Wildman–Crippen MR) is 110 cm³/mol. The lowest BCUT2D eigenvalue weighted by molar-refractivity contribution is 0.386. The highest BCUT2D eigenvalue weighted by Crippen LogP contribution is 2.32. The molecule has 2 aromatic heterocycles. The Morgan fingerprint density at radius 3 is 2.33 bits per heavy atom. The van der Waals surface area contributed by atoms with Gasteiger partial charge >= 0.3 is 0 Å². The lowest BCUT2D eigenvalue weighted by Crippen LogP contribution is -2.36. The van der Waals surface area contributed by atoms with Crippen molar-refractivity contribution in [2.75, 3.05) is 6.54 Å². The highest BCUT2D eigenvalue weighted by molar-refractivity contribution is 7.89. The summed E-state index contributed by atoms with van der Waals surface area (Å²) in [6.45, 7) is 0.598. The third-order valence-corrected chi connectivity index (χ3v) is 7.10. The molecule has 0 aliphatic carbocycles. The van der Waals surface area contributed by atoms with Gasteiger partial charge in [-0.15, -0.1) is 10.2 Å². The fraction of sp³-hybridized carbons (Fsp3) is 0.190. The molecular formula is C21H19N5O3S. The maximum Gasteiger partial charge on any atom is 0.268 e. The van der Waals surface area contributed by atoms with Gasteiger partial charge in [-0.3, -0.25) is 4.68 Å². The molecule has 0 bridgehead atoms. The van der Waals surface area contributed by atoms with Crippen LogP contribution in [0.1, 0.15) is 11.3 Å². The SMILES string of the molecule is Cn1nc(-c2nnc(-c3ccccc3)o2)c2c1CCN(S(=O)(=O)c1ccccc1)C2. The first-order chi connectivity index (χ1) is 14.5. The van der Waals surface area contributed by atoms with Crippen molar-refractivity contribution in [2.24, 2.45) is 7.05 Å². The second kappa shape index (κ2) is 7.19. The van der Waals surface area contributed by atoms with E-state index in [0.717, 1.165) is 16.8 Å². The number of sulfonamides is 1. The molecule has 30 heavy (non-hydrogen) atoms. The molecule has 0 atom stereocenters. The van der Waals surface area contributed by atoms with E-state index in [4.69, 9.17) is 4.42 Å². The number of aromatic nitrogens is 4. The van der Waals surface area contributed by atoms with E-state index in [-0.39, 0.29) is 17.3 Å². The van der Waals surface area contributed by atoms with Crippen LogP contribution < -0.4 is 0 Å². The maximum atomic E-state index is 13.1. The zero-order valence-corrected chi connectivity index (χ0v) is 17.1. The van der Waals surface area contributed by atoms with Gasteiger partial charge in [0.05, 0.1) is 4.90 Å². The minimum Gasteiger partial charge on any atom is -0.415 e. The van der Waals surface area contributed by atoms with Crippen LogP contribution in [0.5, 0.6) is 0 Å². The second-order valence-corrected chi connectivity index (χ2v) is 9.02. The van der Waals surface area contributed by atoms with Crippen LogP contribution in [0.4, 0.5) is 0 Å². The average Bonchev–Trinajstić information content (AvgIpc) is 3.40. The average molecular weight is 421 g/mol. The fourth-order valence-electron chi connectivity index (χ4n) is 3.70. The van der Waals surface area contributed by atoms with E-state index in [2.05, 4.69) is 15.3 Å². The summed E-state index contributed by atoms with van der Waals surface area (Å²) < 4.78 is 35.3. The minimum absolute atomic E-state index is 0.207. The monoisotopic (exact) mass is 421 g/mol. The number of hydrogen-bond donors (Lipinski definition) is 0. The zero-order valence-electron chi connectivity index (χ0n) is 16.3. The van der Waals surface area contributed by atoms with Crippen LogP contribution in [-0.4, -0.2) is 39.2 Å². The van der Waals surface area contributed by atoms with Crippen molar-refractivity contribution in [3.8, 4) is 23.0 Å². The van der Waals surface area contributed by atoms with E-state index in [0.29, 0.717) is 24.6 Å². The quantitative estimate of drug-likeness (QED) is 0.503. The molecule has 0 spiro atoms. The molecule has 0 N–H and O–H groups in total. The number of aryl methyl sites for hydroxylation is 1. The van der Waals surface area contributed by atoms with Crippen LogP contribution >= 0.6 is 0 Å². The number of fused-ring (bicyclic) bond motifs is 1. The van der Waals surface area contributed by atoms with Gasteiger partial charge in [-0.25, -0.2) is 8.42 Å². The topological polar surface area (TPSA) is 94.1 Å². The van der Waals surface area contributed by atoms with Crippen molar-refractivity contribution in [3.63, 3.8) is 0 Å². The van der Waals surface area contributed by atoms with Crippen molar-refractivity contribution in [3.05, 3.63) is 71.9 Å². The molecule has 0 unspecified atom stereocenters. The molecule has 0 fully saturated rings. The Bertz CT molecular complexity index is 1300. The summed E-state index contributed by atoms with van der Waals surface area (Å²) in [5, 5.41) is 12.9. The molecule has 0 saturated carbocycles. The third kappa shape index (κ3) is 3.12. The van der Waals surface area contributed by atoms with Crippen LogP contribution in [0.15, 0.2) is 70.0 Å². The molecule has 0 amide bonds. The van der Waals surface area contributed by atoms with Gasteiger partial charge in [-0.2, -0.15) is 9.40 Å². The summed E-state index contributed by atoms with van der Waals surface area (Å²) in [5.41, 5.74) is 3.11. The van der Waals surface area contributed by atoms with Crippen molar-refractivity contribution in [2.45, 2.75) is 17.9 Å². The fourth-order valence-corrected chi connectivity index (χ4v) is 5.13. The van der Waals surface area contributed by atoms with Crippen molar-refractivity contribution in [1.82, 2.24) is 24.3 Å². The van der Waals surface area contributed by atoms with Crippen LogP contribution in [0.3, 0.4) is 0 Å². The second-order valence-electron chi connectivity index (χ2n) is 7.08. The normalized spacial score (nSPS) is 14.6. The summed E-state index contributed by atoms with van der Waals surface area (Å²) in [4.78, 5) is 0.281. The van der Waals surface area contributed by atoms with Crippen LogP contribution in [0.2, 0.25) is 0 Å². The highest BCUT2D eigenvalue weighted by atomic mass is 32.2. The van der Waals surface area contributed by atoms with E-state index >= 15 is 0 Å². The van der Waals surface area contributed by atoms with Crippen LogP contribution in [0.25, 0.3) is 23.0 Å². The van der Waals surface area contributed by atoms with Gasteiger partial charge < -0.3 is 4.42 Å². The minimum atomic E-state index is -3.60. The number of hydrogen-bond acceptors (Lipinski definition) is 6. The maximum absolute atomic E-state index is 13.1. The van der Waals surface area contributed by atoms with Gasteiger partial charge in [0.1, 0.15) is 0 Å². The lowest BCUT2D eigenvalue weighted by atomic mass is 10.1. The van der Waals surface area contributed by atoms with Crippen LogP contribution in [-0.2, 0) is 30.0 Å². The standard InChI is InChI=1S/C21H19N5O3S/c1-25-18-12-13-26(30(27,28)16-10-6-3-7-11-16)14-17(18)19(24-25)21-23-22-20(29-21)15-8-4-2-5-9-15/h2-11H,12-14H2,1H3. The molecule has 4 aromatic rings. The molecular weight excluding hydrogens is 402 g/mol. The Morgan fingerprint density at radius 2 is 1.60 bits per heavy atom. The summed E-state index contributed by atoms with van der Waals surface area (Å²) in [6, 6.07) is 18.0. The number of rotatable bonds is 4. The summed E-state index contributed by atoms with van der Waals surface area (Å²) in [5.74, 6) is 0.680. The first-order valence-electron chi connectivity index (χ1n) is 9.53. The summed E-state index contributed by atoms with van der Waals surface area (Å²) >= 11 is 0. The molecule has 8 nitrogen and oxygen atoms in total. The molecule has 1 aliphatic rings. The Morgan fingerprint density at radius 1 is 0.933 bits per heavy atom. The van der Waals surface area contributed by atoms with Gasteiger partial charge in [0, 0.05) is 43.4 Å². The predicted octanol–water partition coefficient (Wildman–Crippen LogP) is 2.88. The zero-order chi connectivity index (χ0) is 20.7. The Hall–Kier alpha value is -3.30. The molecule has 2 aromatic carbocycles. The highest BCUT2D eigenvalue weighted by Gasteiger charge is 2.33. The van der Waals surface area contributed by atoms with E-state index in [1.54, 1.807) is 35.0 Å². The Kier molecular flexibility index (Phi) is 4.48. The smallest absolute Gasteiger partial charge is 0.268 e. The van der Waals surface area contributed by atoms with Gasteiger partial charge in [-0.1, -0.05) is 36.4 Å². The van der Waals surface area contributed by atoms with E-state index in [1.165, 1.54) is 4.31 Å². The van der Waals surface area contributed by atoms with E-state index in [1.807, 2.05) is 37.4 Å². The first-order valence-corrected chi connectivity index (χ1v) is 11.0. The molecule has 0 saturated heterocycles. The molecule has 5 rings (SSSR count). The van der Waals surface area contributed by atoms with Gasteiger partial charge in [-0.05, 0) is 24.3 Å². The van der Waals surface area contributed by atoms with Crippen molar-refractivity contribution >= 4 is 10.0 Å². The molecule has 1 aliphatic heterocycles. The number of benzene rings is 2. The molecule has 9 heteroatoms. The Labute approximate surface area is 173 Å². The molecule has 152 valence electrons. The summed E-state index contributed by atoms with van der Waals surface area (Å²) in [6.07, 6.45) is 0.560. The van der Waals surface area contributed by atoms with Crippen molar-refractivity contribution in [1.29, 1.82) is 0 Å². The number of nitrogens with zero attached hydrogens (tertiary/aromatic N) is 5. The van der Waals surface area contributed by atoms with Gasteiger partial charge in [0.15, 0.2) is 5.69 Å². The van der Waals surface area contributed by atoms with E-state index < -0.39 is 10.0 Å². The summed E-state index contributed by atoms with van der Waals surface area (Å²) in [7, 11) is -1.76. The van der Waals surface area contributed by atoms with E-state index in [9.17, 15) is 8.42 Å². The Balaban J connectivity index is 1.51. The van der Waals surface area contributed by atoms with Crippen LogP contribution in [0, 0.1) is 0 Å². The third-order valence-electron chi connectivity index (χ3n) is 5.24. The molecule has 0 radical (unpaired) electrons. The molecule has 3 heterocycles. The van der Waals surface area contributed by atoms with Gasteiger partial charge in [0.25, 0.3) is 5.89 Å². The first kappa shape index (κ1) is 18.7.